The van der Waals surface area contributed by atoms with Gasteiger partial charge in [-0.2, -0.15) is 0 Å². The van der Waals surface area contributed by atoms with E-state index < -0.39 is 17.1 Å². The summed E-state index contributed by atoms with van der Waals surface area (Å²) in [5.41, 5.74) is 9.23. The van der Waals surface area contributed by atoms with Gasteiger partial charge in [0.25, 0.3) is 8.53 Å². The molecule has 128 valence electrons. The first-order valence-corrected chi connectivity index (χ1v) is 9.11. The summed E-state index contributed by atoms with van der Waals surface area (Å²) in [5.74, 6) is 0. The van der Waals surface area contributed by atoms with Crippen molar-refractivity contribution in [2.75, 3.05) is 39.5 Å². The van der Waals surface area contributed by atoms with Crippen molar-refractivity contribution in [3.63, 3.8) is 0 Å². The molecule has 0 aromatic heterocycles. The summed E-state index contributed by atoms with van der Waals surface area (Å²) in [6, 6.07) is -0.319. The number of amides is 2. The second kappa shape index (κ2) is 15.3. The molecule has 0 spiro atoms. The number of quaternary nitrogens is 1. The predicted molar refractivity (Wildman–Crippen MR) is 86.5 cm³/mol. The lowest BCUT2D eigenvalue weighted by molar-refractivity contribution is -0.203. The third-order valence-corrected chi connectivity index (χ3v) is 3.63. The van der Waals surface area contributed by atoms with Crippen molar-refractivity contribution in [1.29, 1.82) is 0 Å². The van der Waals surface area contributed by atoms with Crippen LogP contribution in [0.2, 0.25) is 0 Å². The van der Waals surface area contributed by atoms with Gasteiger partial charge in [-0.1, -0.05) is 12.2 Å². The lowest BCUT2D eigenvalue weighted by Gasteiger charge is -2.12. The third kappa shape index (κ3) is 14.3. The Hall–Kier alpha value is -0.630. The monoisotopic (exact) mass is 355 g/mol. The molecule has 2 amide bonds. The third-order valence-electron chi connectivity index (χ3n) is 1.89. The van der Waals surface area contributed by atoms with Crippen molar-refractivity contribution in [1.82, 2.24) is 10.6 Å². The Bertz CT molecular complexity index is 297. The molecule has 2 atom stereocenters. The zero-order chi connectivity index (χ0) is 16.6. The molecular formula is C11H25N4O5P2+. The highest BCUT2D eigenvalue weighted by atomic mass is 31.2. The van der Waals surface area contributed by atoms with Gasteiger partial charge in [-0.05, 0) is 0 Å². The van der Waals surface area contributed by atoms with Crippen LogP contribution in [-0.2, 0) is 18.1 Å². The van der Waals surface area contributed by atoms with Gasteiger partial charge in [-0.3, -0.25) is 20.1 Å². The molecule has 9 nitrogen and oxygen atoms in total. The van der Waals surface area contributed by atoms with E-state index in [1.165, 1.54) is 0 Å². The quantitative estimate of drug-likeness (QED) is 0.202. The topological polar surface area (TPSA) is 132 Å². The number of carbonyl (C=O) groups excluding carboxylic acids is 1. The van der Waals surface area contributed by atoms with Gasteiger partial charge in [0.15, 0.2) is 0 Å². The van der Waals surface area contributed by atoms with Gasteiger partial charge in [0.2, 0.25) is 0 Å². The maximum absolute atomic E-state index is 11.4. The number of rotatable bonds is 14. The first-order chi connectivity index (χ1) is 10.6. The van der Waals surface area contributed by atoms with Gasteiger partial charge in [0, 0.05) is 13.1 Å². The standard InChI is InChI=1S/C11H24N4O5P2/c1-3-7-17-21(12)19-9-5-14-11(16)15-6-10-20-22(13)18-8-4-2/h3-4H,1-2,5-10,12-13H2,(H2,14,15,16)/p+1. The average molecular weight is 355 g/mol. The van der Waals surface area contributed by atoms with Crippen LogP contribution in [0.5, 0.6) is 0 Å². The Morgan fingerprint density at radius 2 is 1.59 bits per heavy atom. The fourth-order valence-corrected chi connectivity index (χ4v) is 2.25. The summed E-state index contributed by atoms with van der Waals surface area (Å²) in [6.45, 7) is 9.01. The molecule has 22 heavy (non-hydrogen) atoms. The van der Waals surface area contributed by atoms with E-state index >= 15 is 0 Å². The Labute approximate surface area is 133 Å². The highest BCUT2D eigenvalue weighted by Crippen LogP contribution is 2.27. The number of nitrogens with one attached hydrogen (secondary N) is 2. The van der Waals surface area contributed by atoms with Crippen LogP contribution in [0, 0.1) is 0 Å². The molecule has 0 saturated heterocycles. The maximum atomic E-state index is 11.4. The molecule has 0 aliphatic heterocycles. The molecule has 0 radical (unpaired) electrons. The minimum atomic E-state index is -1.43. The Balaban J connectivity index is 3.43. The van der Waals surface area contributed by atoms with Crippen LogP contribution in [0.4, 0.5) is 4.79 Å². The Kier molecular flexibility index (Phi) is 14.8. The van der Waals surface area contributed by atoms with E-state index in [9.17, 15) is 4.79 Å². The van der Waals surface area contributed by atoms with E-state index in [-0.39, 0.29) is 12.6 Å². The summed E-state index contributed by atoms with van der Waals surface area (Å²) in [4.78, 5) is 11.4. The molecular weight excluding hydrogens is 330 g/mol. The van der Waals surface area contributed by atoms with Crippen LogP contribution in [0.15, 0.2) is 25.3 Å². The molecule has 0 aliphatic carbocycles. The van der Waals surface area contributed by atoms with E-state index in [4.69, 9.17) is 23.6 Å². The van der Waals surface area contributed by atoms with Gasteiger partial charge < -0.3 is 19.7 Å². The van der Waals surface area contributed by atoms with E-state index in [2.05, 4.69) is 29.3 Å². The zero-order valence-electron chi connectivity index (χ0n) is 12.5. The van der Waals surface area contributed by atoms with Crippen LogP contribution < -0.4 is 21.6 Å². The Morgan fingerprint density at radius 1 is 1.05 bits per heavy atom. The molecule has 0 bridgehead atoms. The van der Waals surface area contributed by atoms with Gasteiger partial charge >= 0.3 is 14.6 Å². The number of carbonyl (C=O) groups is 1. The predicted octanol–water partition coefficient (Wildman–Crippen LogP) is 0.378. The van der Waals surface area contributed by atoms with E-state index in [1.807, 2.05) is 0 Å². The van der Waals surface area contributed by atoms with Crippen molar-refractivity contribution in [3.05, 3.63) is 25.3 Å². The van der Waals surface area contributed by atoms with Crippen molar-refractivity contribution < 1.29 is 28.4 Å². The molecule has 0 heterocycles. The molecule has 2 unspecified atom stereocenters. The maximum Gasteiger partial charge on any atom is 0.414 e. The van der Waals surface area contributed by atoms with E-state index in [1.54, 1.807) is 12.2 Å². The summed E-state index contributed by atoms with van der Waals surface area (Å²) < 4.78 is 20.7. The second-order valence-corrected chi connectivity index (χ2v) is 5.91. The van der Waals surface area contributed by atoms with E-state index in [0.717, 1.165) is 0 Å². The zero-order valence-corrected chi connectivity index (χ0v) is 14.3. The van der Waals surface area contributed by atoms with Gasteiger partial charge in [-0.25, -0.2) is 4.79 Å². The molecule has 0 aromatic rings. The van der Waals surface area contributed by atoms with Gasteiger partial charge in [0.05, 0.1) is 26.4 Å². The van der Waals surface area contributed by atoms with Crippen LogP contribution in [0.3, 0.4) is 0 Å². The number of hydrogen-bond acceptors (Lipinski definition) is 6. The average Bonchev–Trinajstić information content (AvgIpc) is 2.51. The summed E-state index contributed by atoms with van der Waals surface area (Å²) in [5, 5.41) is 5.23. The smallest absolute Gasteiger partial charge is 0.336 e. The second-order valence-electron chi connectivity index (χ2n) is 3.64. The lowest BCUT2D eigenvalue weighted by atomic mass is 10.6. The molecule has 0 rings (SSSR count). The van der Waals surface area contributed by atoms with Crippen molar-refractivity contribution in [3.8, 4) is 0 Å². The van der Waals surface area contributed by atoms with E-state index in [0.29, 0.717) is 32.9 Å². The number of nitrogens with two attached hydrogens (primary N) is 1. The number of urea groups is 1. The molecule has 0 aliphatic rings. The van der Waals surface area contributed by atoms with Gasteiger partial charge in [-0.15, -0.1) is 13.2 Å². The fraction of sp³-hybridized carbons (Fsp3) is 0.545. The van der Waals surface area contributed by atoms with Crippen molar-refractivity contribution in [2.24, 2.45) is 5.50 Å². The first kappa shape index (κ1) is 21.4. The minimum absolute atomic E-state index is 0.267. The van der Waals surface area contributed by atoms with Crippen molar-refractivity contribution >= 4 is 23.1 Å². The molecule has 0 saturated carbocycles. The summed E-state index contributed by atoms with van der Waals surface area (Å²) in [6.07, 6.45) is 3.20. The minimum Gasteiger partial charge on any atom is -0.336 e. The lowest BCUT2D eigenvalue weighted by Crippen LogP contribution is -2.43. The normalized spacial score (nSPS) is 13.2. The largest absolute Gasteiger partial charge is 0.414 e. The molecule has 11 heteroatoms. The highest BCUT2D eigenvalue weighted by molar-refractivity contribution is 7.44. The first-order valence-electron chi connectivity index (χ1n) is 6.50. The SMILES string of the molecule is C=CCOP(N)OCCNC(=O)NCCOP([NH3+])OCC=C. The van der Waals surface area contributed by atoms with Crippen LogP contribution >= 0.6 is 17.1 Å². The number of hydrogen-bond donors (Lipinski definition) is 4. The van der Waals surface area contributed by atoms with Crippen LogP contribution in [0.1, 0.15) is 0 Å². The Morgan fingerprint density at radius 3 is 2.18 bits per heavy atom. The highest BCUT2D eigenvalue weighted by Gasteiger charge is 2.09. The fourth-order valence-electron chi connectivity index (χ4n) is 1.01. The van der Waals surface area contributed by atoms with Crippen molar-refractivity contribution in [2.45, 2.75) is 0 Å². The summed E-state index contributed by atoms with van der Waals surface area (Å²) >= 11 is 0. The van der Waals surface area contributed by atoms with Crippen LogP contribution in [-0.4, -0.2) is 45.5 Å². The van der Waals surface area contributed by atoms with Gasteiger partial charge in [0.1, 0.15) is 0 Å². The molecule has 7 N–H and O–H groups in total. The molecule has 0 aromatic carbocycles. The molecule has 0 fully saturated rings. The summed E-state index contributed by atoms with van der Waals surface area (Å²) in [7, 11) is -2.62. The van der Waals surface area contributed by atoms with Crippen LogP contribution in [0.25, 0.3) is 0 Å².